The lowest BCUT2D eigenvalue weighted by Gasteiger charge is -2.63. The van der Waals surface area contributed by atoms with Gasteiger partial charge in [-0.05, 0) is 56.3 Å². The summed E-state index contributed by atoms with van der Waals surface area (Å²) < 4.78 is 31.9. The maximum atomic E-state index is 16.7. The predicted octanol–water partition coefficient (Wildman–Crippen LogP) is 1.60. The summed E-state index contributed by atoms with van der Waals surface area (Å²) in [5, 5.41) is 31.4. The molecule has 4 aliphatic rings. The highest BCUT2D eigenvalue weighted by molar-refractivity contribution is 6.01. The Morgan fingerprint density at radius 2 is 2.00 bits per heavy atom. The molecule has 0 unspecified atom stereocenters. The molecule has 5 nitrogen and oxygen atoms in total. The van der Waals surface area contributed by atoms with Crippen molar-refractivity contribution in [2.75, 3.05) is 6.61 Å². The van der Waals surface area contributed by atoms with Crippen LogP contribution >= 0.6 is 0 Å². The Morgan fingerprint density at radius 1 is 1.32 bits per heavy atom. The molecule has 0 amide bonds. The summed E-state index contributed by atoms with van der Waals surface area (Å²) in [5.41, 5.74) is -6.71. The van der Waals surface area contributed by atoms with Gasteiger partial charge in [-0.1, -0.05) is 13.0 Å². The van der Waals surface area contributed by atoms with E-state index >= 15 is 8.78 Å². The molecule has 0 aromatic carbocycles. The van der Waals surface area contributed by atoms with Gasteiger partial charge >= 0.3 is 0 Å². The van der Waals surface area contributed by atoms with Gasteiger partial charge in [0.05, 0.1) is 6.10 Å². The quantitative estimate of drug-likeness (QED) is 0.659. The Labute approximate surface area is 162 Å². The number of rotatable bonds is 2. The van der Waals surface area contributed by atoms with Crippen LogP contribution < -0.4 is 0 Å². The molecule has 0 aromatic rings. The Balaban J connectivity index is 1.84. The van der Waals surface area contributed by atoms with Crippen LogP contribution in [0.2, 0.25) is 0 Å². The number of allylic oxidation sites excluding steroid dienone is 4. The van der Waals surface area contributed by atoms with Crippen LogP contribution in [0.3, 0.4) is 0 Å². The fourth-order valence-corrected chi connectivity index (χ4v) is 6.80. The van der Waals surface area contributed by atoms with Gasteiger partial charge in [-0.2, -0.15) is 0 Å². The highest BCUT2D eigenvalue weighted by atomic mass is 19.1. The average Bonchev–Trinajstić information content (AvgIpc) is 2.91. The van der Waals surface area contributed by atoms with E-state index in [0.717, 1.165) is 6.08 Å². The van der Waals surface area contributed by atoms with Gasteiger partial charge in [0.2, 0.25) is 0 Å². The summed E-state index contributed by atoms with van der Waals surface area (Å²) >= 11 is 0. The van der Waals surface area contributed by atoms with Gasteiger partial charge in [0.1, 0.15) is 18.4 Å². The van der Waals surface area contributed by atoms with Crippen LogP contribution in [-0.2, 0) is 9.59 Å². The van der Waals surface area contributed by atoms with Crippen molar-refractivity contribution in [3.05, 3.63) is 23.8 Å². The first-order valence-corrected chi connectivity index (χ1v) is 9.78. The average molecular weight is 396 g/mol. The number of aliphatic hydroxyl groups is 3. The number of hydrogen-bond donors (Lipinski definition) is 3. The van der Waals surface area contributed by atoms with E-state index in [4.69, 9.17) is 0 Å². The molecule has 4 aliphatic carbocycles. The molecule has 0 aromatic heterocycles. The fourth-order valence-electron chi connectivity index (χ4n) is 6.80. The summed E-state index contributed by atoms with van der Waals surface area (Å²) in [4.78, 5) is 24.1. The number of aliphatic hydroxyl groups excluding tert-OH is 2. The summed E-state index contributed by atoms with van der Waals surface area (Å²) in [6.07, 6.45) is 0.509. The third kappa shape index (κ3) is 2.05. The number of ketones is 2. The van der Waals surface area contributed by atoms with Crippen LogP contribution in [0.5, 0.6) is 0 Å². The number of alkyl halides is 2. The molecule has 0 heterocycles. The molecule has 8 atom stereocenters. The summed E-state index contributed by atoms with van der Waals surface area (Å²) in [6.45, 7) is 2.29. The van der Waals surface area contributed by atoms with Gasteiger partial charge in [-0.3, -0.25) is 9.59 Å². The summed E-state index contributed by atoms with van der Waals surface area (Å²) in [5.74, 6) is -2.63. The highest BCUT2D eigenvalue weighted by Gasteiger charge is 2.75. The van der Waals surface area contributed by atoms with Gasteiger partial charge < -0.3 is 15.3 Å². The SMILES string of the molecule is C[C@]12C=CC(=O)C=C1[C@H](F)C[C@H]1[C@@H]3CC[C@](O)(C(=O)CO)[C@@]3(C)C[C@H](O)[C@@]12F. The minimum Gasteiger partial charge on any atom is -0.390 e. The van der Waals surface area contributed by atoms with Crippen molar-refractivity contribution >= 4 is 11.6 Å². The Kier molecular flexibility index (Phi) is 4.11. The molecule has 7 heteroatoms. The van der Waals surface area contributed by atoms with E-state index in [1.54, 1.807) is 6.92 Å². The van der Waals surface area contributed by atoms with Crippen molar-refractivity contribution in [3.8, 4) is 0 Å². The fraction of sp³-hybridized carbons (Fsp3) is 0.714. The third-order valence-electron chi connectivity index (χ3n) is 8.39. The van der Waals surface area contributed by atoms with E-state index in [9.17, 15) is 24.9 Å². The second-order valence-corrected chi connectivity index (χ2v) is 9.34. The normalized spacial score (nSPS) is 52.5. The van der Waals surface area contributed by atoms with Crippen molar-refractivity contribution in [2.45, 2.75) is 63.1 Å². The molecule has 3 N–H and O–H groups in total. The van der Waals surface area contributed by atoms with Crippen LogP contribution in [0.1, 0.15) is 39.5 Å². The molecule has 154 valence electrons. The van der Waals surface area contributed by atoms with E-state index in [-0.39, 0.29) is 24.8 Å². The van der Waals surface area contributed by atoms with E-state index in [1.807, 2.05) is 0 Å². The second-order valence-electron chi connectivity index (χ2n) is 9.34. The van der Waals surface area contributed by atoms with Crippen LogP contribution in [0.4, 0.5) is 8.78 Å². The first-order valence-electron chi connectivity index (χ1n) is 9.78. The smallest absolute Gasteiger partial charge is 0.190 e. The molecule has 4 rings (SSSR count). The largest absolute Gasteiger partial charge is 0.390 e. The van der Waals surface area contributed by atoms with E-state index in [1.165, 1.54) is 19.1 Å². The molecule has 3 saturated carbocycles. The molecule has 28 heavy (non-hydrogen) atoms. The second kappa shape index (κ2) is 5.80. The molecular weight excluding hydrogens is 370 g/mol. The van der Waals surface area contributed by atoms with Gasteiger partial charge in [0, 0.05) is 16.7 Å². The molecule has 0 spiro atoms. The van der Waals surface area contributed by atoms with Crippen LogP contribution in [0.25, 0.3) is 0 Å². The van der Waals surface area contributed by atoms with Gasteiger partial charge in [-0.15, -0.1) is 0 Å². The van der Waals surface area contributed by atoms with Gasteiger partial charge in [-0.25, -0.2) is 8.78 Å². The van der Waals surface area contributed by atoms with Crippen molar-refractivity contribution in [3.63, 3.8) is 0 Å². The first-order chi connectivity index (χ1) is 13.0. The number of fused-ring (bicyclic) bond motifs is 5. The molecule has 3 fully saturated rings. The standard InChI is InChI=1S/C21H26F2O5/c1-18-5-3-11(25)7-14(18)15(22)8-13-12-4-6-20(28,17(27)10-24)19(12,2)9-16(26)21(13,18)23/h3,5,7,12-13,15-16,24,26,28H,4,6,8-10H2,1-2H3/t12-,13-,15+,16-,18-,19-,20-,21-/m0/s1. The maximum absolute atomic E-state index is 16.7. The lowest BCUT2D eigenvalue weighted by molar-refractivity contribution is -0.221. The predicted molar refractivity (Wildman–Crippen MR) is 95.7 cm³/mol. The number of halogens is 2. The Hall–Kier alpha value is -1.44. The van der Waals surface area contributed by atoms with Gasteiger partial charge in [0.25, 0.3) is 0 Å². The molecule has 0 saturated heterocycles. The zero-order valence-electron chi connectivity index (χ0n) is 16.0. The van der Waals surface area contributed by atoms with Crippen LogP contribution in [0, 0.1) is 22.7 Å². The van der Waals surface area contributed by atoms with E-state index in [2.05, 4.69) is 0 Å². The van der Waals surface area contributed by atoms with Crippen molar-refractivity contribution < 1.29 is 33.7 Å². The molecule has 0 radical (unpaired) electrons. The zero-order valence-corrected chi connectivity index (χ0v) is 16.0. The highest BCUT2D eigenvalue weighted by Crippen LogP contribution is 2.69. The van der Waals surface area contributed by atoms with E-state index < -0.39 is 64.4 Å². The molecule has 0 bridgehead atoms. The van der Waals surface area contributed by atoms with Gasteiger partial charge in [0.15, 0.2) is 17.2 Å². The summed E-state index contributed by atoms with van der Waals surface area (Å²) in [6, 6.07) is 0. The zero-order chi connectivity index (χ0) is 20.7. The maximum Gasteiger partial charge on any atom is 0.190 e. The number of carbonyl (C=O) groups excluding carboxylic acids is 2. The van der Waals surface area contributed by atoms with Crippen LogP contribution in [0.15, 0.2) is 23.8 Å². The summed E-state index contributed by atoms with van der Waals surface area (Å²) in [7, 11) is 0. The monoisotopic (exact) mass is 396 g/mol. The Bertz CT molecular complexity index is 809. The Morgan fingerprint density at radius 3 is 2.64 bits per heavy atom. The lowest BCUT2D eigenvalue weighted by Crippen LogP contribution is -2.70. The van der Waals surface area contributed by atoms with Crippen molar-refractivity contribution in [1.82, 2.24) is 0 Å². The minimum absolute atomic E-state index is 0.0392. The molecular formula is C21H26F2O5. The van der Waals surface area contributed by atoms with Crippen LogP contribution in [-0.4, -0.2) is 57.0 Å². The first kappa shape index (κ1) is 19.9. The third-order valence-corrected chi connectivity index (χ3v) is 8.39. The topological polar surface area (TPSA) is 94.8 Å². The van der Waals surface area contributed by atoms with E-state index in [0.29, 0.717) is 6.42 Å². The molecule has 0 aliphatic heterocycles. The van der Waals surface area contributed by atoms with Crippen molar-refractivity contribution in [1.29, 1.82) is 0 Å². The number of carbonyl (C=O) groups is 2. The number of Topliss-reactive ketones (excluding diaryl/α,β-unsaturated/α-hetero) is 1. The number of hydrogen-bond acceptors (Lipinski definition) is 5. The lowest BCUT2D eigenvalue weighted by atomic mass is 9.44. The van der Waals surface area contributed by atoms with Crippen molar-refractivity contribution in [2.24, 2.45) is 22.7 Å². The minimum atomic E-state index is -2.23.